The Balaban J connectivity index is 2.29. The molecule has 0 saturated carbocycles. The van der Waals surface area contributed by atoms with Crippen molar-refractivity contribution >= 4 is 5.91 Å². The molecule has 6 nitrogen and oxygen atoms in total. The monoisotopic (exact) mass is 261 g/mol. The number of furan rings is 1. The van der Waals surface area contributed by atoms with Gasteiger partial charge in [-0.1, -0.05) is 0 Å². The van der Waals surface area contributed by atoms with E-state index in [9.17, 15) is 9.59 Å². The van der Waals surface area contributed by atoms with Gasteiger partial charge < -0.3 is 8.98 Å². The maximum Gasteiger partial charge on any atom is 0.268 e. The molecule has 0 radical (unpaired) electrons. The lowest BCUT2D eigenvalue weighted by Gasteiger charge is -2.02. The van der Waals surface area contributed by atoms with Gasteiger partial charge in [-0.15, -0.1) is 0 Å². The zero-order valence-corrected chi connectivity index (χ0v) is 10.8. The van der Waals surface area contributed by atoms with E-state index in [0.29, 0.717) is 17.1 Å². The van der Waals surface area contributed by atoms with E-state index in [1.54, 1.807) is 25.3 Å². The normalized spacial score (nSPS) is 10.5. The third kappa shape index (κ3) is 2.74. The summed E-state index contributed by atoms with van der Waals surface area (Å²) < 4.78 is 6.96. The molecule has 0 spiro atoms. The molecule has 0 unspecified atom stereocenters. The van der Waals surface area contributed by atoms with Gasteiger partial charge in [0.15, 0.2) is 0 Å². The van der Waals surface area contributed by atoms with Gasteiger partial charge in [0.25, 0.3) is 11.5 Å². The molecule has 100 valence electrons. The molecule has 2 rings (SSSR count). The Kier molecular flexibility index (Phi) is 3.52. The molecular formula is C13H15N3O3. The Bertz CT molecular complexity index is 670. The fraction of sp³-hybridized carbons (Fsp3) is 0.231. The molecule has 0 aromatic carbocycles. The predicted octanol–water partition coefficient (Wildman–Crippen LogP) is 0.710. The number of aromatic nitrogens is 1. The minimum atomic E-state index is -0.413. The molecule has 0 saturated heterocycles. The molecule has 1 amide bonds. The van der Waals surface area contributed by atoms with Gasteiger partial charge in [0, 0.05) is 12.3 Å². The van der Waals surface area contributed by atoms with E-state index in [2.05, 4.69) is 5.43 Å². The zero-order chi connectivity index (χ0) is 14.0. The van der Waals surface area contributed by atoms with Crippen LogP contribution in [-0.4, -0.2) is 10.5 Å². The van der Waals surface area contributed by atoms with E-state index in [1.807, 2.05) is 13.0 Å². The van der Waals surface area contributed by atoms with E-state index >= 15 is 0 Å². The van der Waals surface area contributed by atoms with E-state index < -0.39 is 5.91 Å². The Labute approximate surface area is 109 Å². The number of aryl methyl sites for hydroxylation is 2. The molecule has 2 heterocycles. The largest absolute Gasteiger partial charge is 0.464 e. The van der Waals surface area contributed by atoms with Gasteiger partial charge in [-0.05, 0) is 31.5 Å². The van der Waals surface area contributed by atoms with Gasteiger partial charge in [-0.2, -0.15) is 0 Å². The Morgan fingerprint density at radius 1 is 1.42 bits per heavy atom. The zero-order valence-electron chi connectivity index (χ0n) is 10.8. The number of hydrogen-bond donors (Lipinski definition) is 2. The molecule has 6 heteroatoms. The molecule has 0 bridgehead atoms. The molecular weight excluding hydrogens is 246 g/mol. The highest BCUT2D eigenvalue weighted by Gasteiger charge is 2.14. The number of carbonyl (C=O) groups is 1. The highest BCUT2D eigenvalue weighted by Crippen LogP contribution is 2.15. The second-order valence-corrected chi connectivity index (χ2v) is 4.33. The summed E-state index contributed by atoms with van der Waals surface area (Å²) in [6, 6.07) is 4.97. The van der Waals surface area contributed by atoms with Crippen LogP contribution in [0.4, 0.5) is 0 Å². The molecule has 19 heavy (non-hydrogen) atoms. The van der Waals surface area contributed by atoms with Gasteiger partial charge >= 0.3 is 0 Å². The summed E-state index contributed by atoms with van der Waals surface area (Å²) in [6.45, 7) is 3.80. The first-order chi connectivity index (χ1) is 9.01. The van der Waals surface area contributed by atoms with Gasteiger partial charge in [-0.3, -0.25) is 15.0 Å². The van der Waals surface area contributed by atoms with Crippen molar-refractivity contribution < 1.29 is 9.21 Å². The van der Waals surface area contributed by atoms with Crippen molar-refractivity contribution in [3.8, 4) is 0 Å². The lowest BCUT2D eigenvalue weighted by molar-refractivity contribution is 0.0952. The highest BCUT2D eigenvalue weighted by molar-refractivity contribution is 5.94. The predicted molar refractivity (Wildman–Crippen MR) is 69.6 cm³/mol. The van der Waals surface area contributed by atoms with Crippen LogP contribution in [0.3, 0.4) is 0 Å². The van der Waals surface area contributed by atoms with Crippen LogP contribution in [0.1, 0.15) is 27.4 Å². The highest BCUT2D eigenvalue weighted by atomic mass is 16.3. The number of nitrogens with one attached hydrogen (secondary N) is 1. The van der Waals surface area contributed by atoms with Crippen LogP contribution >= 0.6 is 0 Å². The van der Waals surface area contributed by atoms with Crippen LogP contribution in [0.15, 0.2) is 33.6 Å². The number of hydrazine groups is 1. The molecule has 2 aromatic heterocycles. The summed E-state index contributed by atoms with van der Waals surface area (Å²) in [5.74, 6) is 5.67. The van der Waals surface area contributed by atoms with Gasteiger partial charge in [0.2, 0.25) is 0 Å². The smallest absolute Gasteiger partial charge is 0.268 e. The van der Waals surface area contributed by atoms with Crippen molar-refractivity contribution in [1.29, 1.82) is 0 Å². The van der Waals surface area contributed by atoms with Crippen LogP contribution < -0.4 is 16.8 Å². The number of pyridine rings is 1. The second kappa shape index (κ2) is 5.11. The van der Waals surface area contributed by atoms with Crippen molar-refractivity contribution in [2.24, 2.45) is 5.84 Å². The molecule has 3 N–H and O–H groups in total. The van der Waals surface area contributed by atoms with Crippen LogP contribution in [0.5, 0.6) is 0 Å². The quantitative estimate of drug-likeness (QED) is 0.483. The van der Waals surface area contributed by atoms with Crippen molar-refractivity contribution in [1.82, 2.24) is 9.99 Å². The minimum absolute atomic E-state index is 0.112. The number of nitrogens with zero attached hydrogens (tertiary/aromatic N) is 1. The van der Waals surface area contributed by atoms with Gasteiger partial charge in [0.05, 0.1) is 12.1 Å². The number of nitrogen functional groups attached to an aromatic ring is 1. The first kappa shape index (κ1) is 13.1. The number of nitrogens with two attached hydrogens (primary N) is 1. The summed E-state index contributed by atoms with van der Waals surface area (Å²) in [4.78, 5) is 23.2. The van der Waals surface area contributed by atoms with E-state index in [0.717, 1.165) is 5.56 Å². The third-order valence-corrected chi connectivity index (χ3v) is 2.82. The van der Waals surface area contributed by atoms with Crippen molar-refractivity contribution in [2.75, 3.05) is 0 Å². The molecule has 0 aliphatic heterocycles. The number of carbonyl (C=O) groups excluding carboxylic acids is 1. The topological polar surface area (TPSA) is 90.3 Å². The molecule has 0 atom stereocenters. The van der Waals surface area contributed by atoms with E-state index in [-0.39, 0.29) is 12.1 Å². The van der Waals surface area contributed by atoms with Crippen LogP contribution in [0.25, 0.3) is 0 Å². The second-order valence-electron chi connectivity index (χ2n) is 4.33. The SMILES string of the molecule is Cc1ccn(Cc2cc(C(=O)NN)c(C)o2)c(=O)c1. The van der Waals surface area contributed by atoms with Crippen LogP contribution in [-0.2, 0) is 6.54 Å². The molecule has 0 fully saturated rings. The number of hydrogen-bond acceptors (Lipinski definition) is 4. The fourth-order valence-electron chi connectivity index (χ4n) is 1.83. The number of amides is 1. The lowest BCUT2D eigenvalue weighted by Crippen LogP contribution is -2.30. The fourth-order valence-corrected chi connectivity index (χ4v) is 1.83. The lowest BCUT2D eigenvalue weighted by atomic mass is 10.2. The number of rotatable bonds is 3. The van der Waals surface area contributed by atoms with Crippen molar-refractivity contribution in [3.05, 3.63) is 57.4 Å². The molecule has 0 aliphatic carbocycles. The molecule has 0 aliphatic rings. The Morgan fingerprint density at radius 2 is 2.16 bits per heavy atom. The Hall–Kier alpha value is -2.34. The Morgan fingerprint density at radius 3 is 2.79 bits per heavy atom. The third-order valence-electron chi connectivity index (χ3n) is 2.82. The maximum atomic E-state index is 11.7. The summed E-state index contributed by atoms with van der Waals surface area (Å²) in [5, 5.41) is 0. The minimum Gasteiger partial charge on any atom is -0.464 e. The van der Waals surface area contributed by atoms with Crippen molar-refractivity contribution in [3.63, 3.8) is 0 Å². The van der Waals surface area contributed by atoms with Crippen LogP contribution in [0.2, 0.25) is 0 Å². The maximum absolute atomic E-state index is 11.7. The van der Waals surface area contributed by atoms with E-state index in [4.69, 9.17) is 10.3 Å². The first-order valence-corrected chi connectivity index (χ1v) is 5.78. The average Bonchev–Trinajstić information content (AvgIpc) is 2.73. The van der Waals surface area contributed by atoms with Crippen molar-refractivity contribution in [2.45, 2.75) is 20.4 Å². The standard InChI is InChI=1S/C13H15N3O3/c1-8-3-4-16(12(17)5-8)7-10-6-11(9(2)19-10)13(18)15-14/h3-6H,7,14H2,1-2H3,(H,15,18). The summed E-state index contributed by atoms with van der Waals surface area (Å²) in [5.41, 5.74) is 3.21. The summed E-state index contributed by atoms with van der Waals surface area (Å²) >= 11 is 0. The molecule has 2 aromatic rings. The first-order valence-electron chi connectivity index (χ1n) is 5.78. The van der Waals surface area contributed by atoms with Crippen LogP contribution in [0, 0.1) is 13.8 Å². The summed E-state index contributed by atoms with van der Waals surface area (Å²) in [6.07, 6.45) is 1.69. The van der Waals surface area contributed by atoms with Gasteiger partial charge in [0.1, 0.15) is 11.5 Å². The average molecular weight is 261 g/mol. The van der Waals surface area contributed by atoms with Gasteiger partial charge in [-0.25, -0.2) is 5.84 Å². The summed E-state index contributed by atoms with van der Waals surface area (Å²) in [7, 11) is 0. The van der Waals surface area contributed by atoms with E-state index in [1.165, 1.54) is 4.57 Å².